The molecule has 2 aromatic rings. The number of fused-ring (bicyclic) bond motifs is 1. The molecule has 0 bridgehead atoms. The highest BCUT2D eigenvalue weighted by molar-refractivity contribution is 5.92. The Balaban J connectivity index is 1.87. The zero-order valence-corrected chi connectivity index (χ0v) is 16.2. The smallest absolute Gasteiger partial charge is 0.331 e. The van der Waals surface area contributed by atoms with Gasteiger partial charge < -0.3 is 20.1 Å². The van der Waals surface area contributed by atoms with Crippen LogP contribution in [0.1, 0.15) is 19.4 Å². The van der Waals surface area contributed by atoms with E-state index in [4.69, 9.17) is 9.47 Å². The molecular weight excluding hydrogens is 360 g/mol. The van der Waals surface area contributed by atoms with Crippen LogP contribution in [0, 0.1) is 0 Å². The molecule has 0 saturated carbocycles. The molecule has 2 rings (SSSR count). The number of rotatable bonds is 8. The molecule has 0 aromatic heterocycles. The largest absolute Gasteiger partial charge is 0.497 e. The summed E-state index contributed by atoms with van der Waals surface area (Å²) in [6.07, 6.45) is 2.87. The molecule has 7 nitrogen and oxygen atoms in total. The lowest BCUT2D eigenvalue weighted by Gasteiger charge is -2.12. The SMILES string of the molecule is CCNC(=O)[C@@H](C)NC(=O)COC(=O)/C=C/c1ccc2cc(OC)ccc2c1. The van der Waals surface area contributed by atoms with Crippen molar-refractivity contribution in [2.24, 2.45) is 0 Å². The van der Waals surface area contributed by atoms with Crippen LogP contribution >= 0.6 is 0 Å². The molecule has 148 valence electrons. The van der Waals surface area contributed by atoms with Crippen molar-refractivity contribution >= 4 is 34.6 Å². The number of hydrogen-bond donors (Lipinski definition) is 2. The van der Waals surface area contributed by atoms with Crippen LogP contribution in [0.2, 0.25) is 0 Å². The summed E-state index contributed by atoms with van der Waals surface area (Å²) in [5.74, 6) is -0.703. The molecule has 0 heterocycles. The maximum atomic E-state index is 11.8. The maximum Gasteiger partial charge on any atom is 0.331 e. The minimum atomic E-state index is -0.696. The summed E-state index contributed by atoms with van der Waals surface area (Å²) < 4.78 is 10.1. The monoisotopic (exact) mass is 384 g/mol. The fourth-order valence-electron chi connectivity index (χ4n) is 2.50. The lowest BCUT2D eigenvalue weighted by molar-refractivity contribution is -0.144. The molecule has 0 aliphatic heterocycles. The van der Waals surface area contributed by atoms with Crippen LogP contribution in [0.3, 0.4) is 0 Å². The van der Waals surface area contributed by atoms with Crippen LogP contribution in [-0.4, -0.2) is 44.1 Å². The third-order valence-corrected chi connectivity index (χ3v) is 3.95. The number of carbonyl (C=O) groups is 3. The highest BCUT2D eigenvalue weighted by Crippen LogP contribution is 2.22. The molecule has 2 amide bonds. The van der Waals surface area contributed by atoms with Crippen LogP contribution in [-0.2, 0) is 19.1 Å². The van der Waals surface area contributed by atoms with Gasteiger partial charge in [0.1, 0.15) is 11.8 Å². The number of methoxy groups -OCH3 is 1. The van der Waals surface area contributed by atoms with Crippen molar-refractivity contribution in [1.29, 1.82) is 0 Å². The Labute approximate surface area is 163 Å². The fraction of sp³-hybridized carbons (Fsp3) is 0.286. The molecule has 2 N–H and O–H groups in total. The first-order valence-corrected chi connectivity index (χ1v) is 8.92. The highest BCUT2D eigenvalue weighted by atomic mass is 16.5. The predicted molar refractivity (Wildman–Crippen MR) is 107 cm³/mol. The molecule has 0 saturated heterocycles. The Morgan fingerprint density at radius 1 is 1.11 bits per heavy atom. The molecule has 0 aliphatic rings. The Kier molecular flexibility index (Phi) is 7.56. The van der Waals surface area contributed by atoms with E-state index in [-0.39, 0.29) is 5.91 Å². The third-order valence-electron chi connectivity index (χ3n) is 3.95. The number of hydrogen-bond acceptors (Lipinski definition) is 5. The van der Waals surface area contributed by atoms with E-state index >= 15 is 0 Å². The van der Waals surface area contributed by atoms with E-state index in [9.17, 15) is 14.4 Å². The topological polar surface area (TPSA) is 93.7 Å². The summed E-state index contributed by atoms with van der Waals surface area (Å²) in [5.41, 5.74) is 0.823. The van der Waals surface area contributed by atoms with E-state index in [1.165, 1.54) is 6.08 Å². The maximum absolute atomic E-state index is 11.8. The van der Waals surface area contributed by atoms with Gasteiger partial charge >= 0.3 is 5.97 Å². The van der Waals surface area contributed by atoms with Gasteiger partial charge in [0.25, 0.3) is 5.91 Å². The predicted octanol–water partition coefficient (Wildman–Crippen LogP) is 2.05. The fourth-order valence-corrected chi connectivity index (χ4v) is 2.50. The highest BCUT2D eigenvalue weighted by Gasteiger charge is 2.15. The van der Waals surface area contributed by atoms with E-state index in [1.54, 1.807) is 27.0 Å². The number of benzene rings is 2. The van der Waals surface area contributed by atoms with Gasteiger partial charge in [-0.05, 0) is 54.5 Å². The van der Waals surface area contributed by atoms with Crippen LogP contribution in [0.25, 0.3) is 16.8 Å². The lowest BCUT2D eigenvalue weighted by Crippen LogP contribution is -2.46. The van der Waals surface area contributed by atoms with Crippen molar-refractivity contribution in [3.8, 4) is 5.75 Å². The molecular formula is C21H24N2O5. The minimum Gasteiger partial charge on any atom is -0.497 e. The number of ether oxygens (including phenoxy) is 2. The standard InChI is InChI=1S/C21H24N2O5/c1-4-22-21(26)14(2)23-19(24)13-28-20(25)10-6-15-5-7-17-12-18(27-3)9-8-16(17)11-15/h5-12,14H,4,13H2,1-3H3,(H,22,26)(H,23,24)/b10-6+/t14-/m1/s1. The first kappa shape index (κ1) is 21.0. The Bertz CT molecular complexity index is 891. The van der Waals surface area contributed by atoms with Crippen LogP contribution in [0.5, 0.6) is 5.75 Å². The molecule has 0 radical (unpaired) electrons. The Hall–Kier alpha value is -3.35. The minimum absolute atomic E-state index is 0.295. The second-order valence-corrected chi connectivity index (χ2v) is 6.10. The molecule has 0 spiro atoms. The second kappa shape index (κ2) is 10.1. The normalized spacial score (nSPS) is 11.8. The summed E-state index contributed by atoms with van der Waals surface area (Å²) in [4.78, 5) is 35.1. The number of nitrogens with one attached hydrogen (secondary N) is 2. The first-order valence-electron chi connectivity index (χ1n) is 8.92. The van der Waals surface area contributed by atoms with Gasteiger partial charge in [-0.2, -0.15) is 0 Å². The van der Waals surface area contributed by atoms with E-state index in [2.05, 4.69) is 10.6 Å². The van der Waals surface area contributed by atoms with Crippen LogP contribution in [0.4, 0.5) is 0 Å². The summed E-state index contributed by atoms with van der Waals surface area (Å²) in [7, 11) is 1.62. The van der Waals surface area contributed by atoms with Gasteiger partial charge in [0.05, 0.1) is 7.11 Å². The molecule has 28 heavy (non-hydrogen) atoms. The van der Waals surface area contributed by atoms with Gasteiger partial charge in [0.2, 0.25) is 5.91 Å². The van der Waals surface area contributed by atoms with E-state index in [1.807, 2.05) is 36.4 Å². The van der Waals surface area contributed by atoms with Crippen LogP contribution < -0.4 is 15.4 Å². The van der Waals surface area contributed by atoms with Crippen LogP contribution in [0.15, 0.2) is 42.5 Å². The molecule has 0 unspecified atom stereocenters. The van der Waals surface area contributed by atoms with Gasteiger partial charge in [0, 0.05) is 12.6 Å². The molecule has 0 fully saturated rings. The summed E-state index contributed by atoms with van der Waals surface area (Å²) in [6.45, 7) is 3.36. The van der Waals surface area contributed by atoms with Crippen molar-refractivity contribution in [2.75, 3.05) is 20.3 Å². The molecule has 0 aliphatic carbocycles. The number of carbonyl (C=O) groups excluding carboxylic acids is 3. The summed E-state index contributed by atoms with van der Waals surface area (Å²) in [6, 6.07) is 10.8. The average molecular weight is 384 g/mol. The Morgan fingerprint density at radius 3 is 2.54 bits per heavy atom. The lowest BCUT2D eigenvalue weighted by atomic mass is 10.1. The average Bonchev–Trinajstić information content (AvgIpc) is 2.70. The number of amides is 2. The Morgan fingerprint density at radius 2 is 1.82 bits per heavy atom. The van der Waals surface area contributed by atoms with E-state index < -0.39 is 24.5 Å². The summed E-state index contributed by atoms with van der Waals surface area (Å²) in [5, 5.41) is 7.09. The number of likely N-dealkylation sites (N-methyl/N-ethyl adjacent to an activating group) is 1. The number of esters is 1. The second-order valence-electron chi connectivity index (χ2n) is 6.10. The summed E-state index contributed by atoms with van der Waals surface area (Å²) >= 11 is 0. The zero-order chi connectivity index (χ0) is 20.5. The van der Waals surface area contributed by atoms with Crippen molar-refractivity contribution in [2.45, 2.75) is 19.9 Å². The van der Waals surface area contributed by atoms with Gasteiger partial charge in [0.15, 0.2) is 6.61 Å². The van der Waals surface area contributed by atoms with E-state index in [0.29, 0.717) is 6.54 Å². The van der Waals surface area contributed by atoms with Gasteiger partial charge in [-0.25, -0.2) is 4.79 Å². The first-order chi connectivity index (χ1) is 13.4. The van der Waals surface area contributed by atoms with E-state index in [0.717, 1.165) is 22.1 Å². The zero-order valence-electron chi connectivity index (χ0n) is 16.2. The van der Waals surface area contributed by atoms with Gasteiger partial charge in [-0.15, -0.1) is 0 Å². The van der Waals surface area contributed by atoms with Crippen molar-refractivity contribution in [3.63, 3.8) is 0 Å². The van der Waals surface area contributed by atoms with Gasteiger partial charge in [-0.1, -0.05) is 18.2 Å². The quantitative estimate of drug-likeness (QED) is 0.537. The third kappa shape index (κ3) is 6.12. The molecule has 2 aromatic carbocycles. The van der Waals surface area contributed by atoms with Crippen molar-refractivity contribution in [1.82, 2.24) is 10.6 Å². The van der Waals surface area contributed by atoms with Crippen molar-refractivity contribution < 1.29 is 23.9 Å². The van der Waals surface area contributed by atoms with Gasteiger partial charge in [-0.3, -0.25) is 9.59 Å². The van der Waals surface area contributed by atoms with Crippen molar-refractivity contribution in [3.05, 3.63) is 48.0 Å². The molecule has 1 atom stereocenters. The molecule has 7 heteroatoms.